The molecule has 3 nitrogen and oxygen atoms in total. The molecule has 1 heterocycles. The summed E-state index contributed by atoms with van der Waals surface area (Å²) in [6.07, 6.45) is 0. The number of halogens is 2. The zero-order chi connectivity index (χ0) is 17.3. The van der Waals surface area contributed by atoms with E-state index in [4.69, 9.17) is 0 Å². The number of hydrogen-bond donors (Lipinski definition) is 1. The van der Waals surface area contributed by atoms with Gasteiger partial charge in [0, 0.05) is 17.9 Å². The summed E-state index contributed by atoms with van der Waals surface area (Å²) in [4.78, 5) is 0. The van der Waals surface area contributed by atoms with Crippen molar-refractivity contribution in [3.8, 4) is 5.69 Å². The van der Waals surface area contributed by atoms with Crippen LogP contribution in [0.15, 0.2) is 42.5 Å². The van der Waals surface area contributed by atoms with Gasteiger partial charge in [0.2, 0.25) is 0 Å². The normalized spacial score (nSPS) is 10.9. The van der Waals surface area contributed by atoms with E-state index in [1.165, 1.54) is 18.2 Å². The van der Waals surface area contributed by atoms with Gasteiger partial charge in [0.1, 0.15) is 11.5 Å². The van der Waals surface area contributed by atoms with Crippen molar-refractivity contribution in [1.29, 1.82) is 0 Å². The van der Waals surface area contributed by atoms with E-state index >= 15 is 0 Å². The van der Waals surface area contributed by atoms with Crippen molar-refractivity contribution in [3.63, 3.8) is 0 Å². The van der Waals surface area contributed by atoms with E-state index < -0.39 is 0 Å². The second-order valence-electron chi connectivity index (χ2n) is 5.93. The number of nitrogens with zero attached hydrogens (tertiary/aromatic N) is 2. The highest BCUT2D eigenvalue weighted by Gasteiger charge is 2.10. The zero-order valence-electron chi connectivity index (χ0n) is 13.9. The third-order valence-electron chi connectivity index (χ3n) is 3.97. The van der Waals surface area contributed by atoms with Crippen molar-refractivity contribution in [2.45, 2.75) is 27.3 Å². The molecule has 24 heavy (non-hydrogen) atoms. The third-order valence-corrected chi connectivity index (χ3v) is 3.97. The van der Waals surface area contributed by atoms with Crippen LogP contribution in [0.2, 0.25) is 0 Å². The Morgan fingerprint density at radius 2 is 1.79 bits per heavy atom. The highest BCUT2D eigenvalue weighted by atomic mass is 19.1. The van der Waals surface area contributed by atoms with Crippen molar-refractivity contribution >= 4 is 5.69 Å². The molecule has 1 aromatic heterocycles. The molecule has 0 aliphatic rings. The molecule has 0 spiro atoms. The van der Waals surface area contributed by atoms with E-state index in [-0.39, 0.29) is 11.6 Å². The van der Waals surface area contributed by atoms with Gasteiger partial charge in [0.25, 0.3) is 0 Å². The van der Waals surface area contributed by atoms with Crippen LogP contribution < -0.4 is 5.32 Å². The Balaban J connectivity index is 1.78. The minimum absolute atomic E-state index is 0.253. The molecule has 0 fully saturated rings. The molecule has 0 amide bonds. The van der Waals surface area contributed by atoms with Crippen LogP contribution in [0.25, 0.3) is 5.69 Å². The monoisotopic (exact) mass is 327 g/mol. The molecule has 2 aromatic carbocycles. The predicted molar refractivity (Wildman–Crippen MR) is 91.5 cm³/mol. The summed E-state index contributed by atoms with van der Waals surface area (Å²) in [6, 6.07) is 11.5. The van der Waals surface area contributed by atoms with Crippen LogP contribution in [-0.2, 0) is 6.54 Å². The smallest absolute Gasteiger partial charge is 0.150 e. The van der Waals surface area contributed by atoms with Crippen molar-refractivity contribution in [2.24, 2.45) is 0 Å². The maximum absolute atomic E-state index is 14.4. The number of aromatic nitrogens is 2. The second-order valence-corrected chi connectivity index (χ2v) is 5.93. The summed E-state index contributed by atoms with van der Waals surface area (Å²) in [5.41, 5.74) is 4.65. The minimum atomic E-state index is -0.345. The number of anilines is 1. The van der Waals surface area contributed by atoms with Gasteiger partial charge in [0.15, 0.2) is 5.82 Å². The Bertz CT molecular complexity index is 884. The standard InChI is InChI=1S/C19H19F2N3/c1-12-8-16(20)5-4-15(12)11-22-17-6-7-19(18(21)10-17)24-14(3)9-13(2)23-24/h4-10,22H,11H2,1-3H3. The van der Waals surface area contributed by atoms with E-state index in [0.717, 1.165) is 22.5 Å². The molecule has 3 aromatic rings. The minimum Gasteiger partial charge on any atom is -0.381 e. The molecule has 0 atom stereocenters. The van der Waals surface area contributed by atoms with Crippen molar-refractivity contribution in [3.05, 3.63) is 76.6 Å². The quantitative estimate of drug-likeness (QED) is 0.753. The van der Waals surface area contributed by atoms with Crippen LogP contribution in [0.1, 0.15) is 22.5 Å². The lowest BCUT2D eigenvalue weighted by molar-refractivity contribution is 0.608. The Labute approximate surface area is 139 Å². The highest BCUT2D eigenvalue weighted by molar-refractivity contribution is 5.50. The Morgan fingerprint density at radius 1 is 1.00 bits per heavy atom. The van der Waals surface area contributed by atoms with Gasteiger partial charge in [-0.2, -0.15) is 5.10 Å². The molecule has 0 aliphatic carbocycles. The molecular weight excluding hydrogens is 308 g/mol. The van der Waals surface area contributed by atoms with E-state index in [2.05, 4.69) is 10.4 Å². The fourth-order valence-corrected chi connectivity index (χ4v) is 2.72. The van der Waals surface area contributed by atoms with Gasteiger partial charge in [-0.15, -0.1) is 0 Å². The lowest BCUT2D eigenvalue weighted by Gasteiger charge is -2.11. The number of nitrogens with one attached hydrogen (secondary N) is 1. The van der Waals surface area contributed by atoms with E-state index in [9.17, 15) is 8.78 Å². The van der Waals surface area contributed by atoms with E-state index in [0.29, 0.717) is 17.9 Å². The SMILES string of the molecule is Cc1cc(C)n(-c2ccc(NCc3ccc(F)cc3C)cc2F)n1. The third kappa shape index (κ3) is 3.30. The summed E-state index contributed by atoms with van der Waals surface area (Å²) in [5.74, 6) is -0.599. The van der Waals surface area contributed by atoms with Gasteiger partial charge >= 0.3 is 0 Å². The van der Waals surface area contributed by atoms with Gasteiger partial charge in [-0.05, 0) is 68.3 Å². The van der Waals surface area contributed by atoms with Crippen LogP contribution in [0.3, 0.4) is 0 Å². The fourth-order valence-electron chi connectivity index (χ4n) is 2.72. The molecule has 124 valence electrons. The maximum Gasteiger partial charge on any atom is 0.150 e. The molecule has 3 rings (SSSR count). The number of hydrogen-bond acceptors (Lipinski definition) is 2. The molecular formula is C19H19F2N3. The molecule has 1 N–H and O–H groups in total. The Hall–Kier alpha value is -2.69. The van der Waals surface area contributed by atoms with Gasteiger partial charge in [0.05, 0.1) is 5.69 Å². The second kappa shape index (κ2) is 6.43. The lowest BCUT2D eigenvalue weighted by Crippen LogP contribution is -2.05. The summed E-state index contributed by atoms with van der Waals surface area (Å²) < 4.78 is 29.2. The average molecular weight is 327 g/mol. The van der Waals surface area contributed by atoms with Crippen LogP contribution in [0, 0.1) is 32.4 Å². The molecule has 5 heteroatoms. The van der Waals surface area contributed by atoms with Gasteiger partial charge in [-0.1, -0.05) is 6.07 Å². The van der Waals surface area contributed by atoms with Gasteiger partial charge in [-0.25, -0.2) is 13.5 Å². The summed E-state index contributed by atoms with van der Waals surface area (Å²) in [7, 11) is 0. The van der Waals surface area contributed by atoms with E-state index in [1.54, 1.807) is 16.8 Å². The molecule has 0 aliphatic heterocycles. The van der Waals surface area contributed by atoms with Gasteiger partial charge in [-0.3, -0.25) is 0 Å². The highest BCUT2D eigenvalue weighted by Crippen LogP contribution is 2.21. The topological polar surface area (TPSA) is 29.9 Å². The molecule has 0 unspecified atom stereocenters. The van der Waals surface area contributed by atoms with Crippen LogP contribution in [0.4, 0.5) is 14.5 Å². The first-order chi connectivity index (χ1) is 11.4. The van der Waals surface area contributed by atoms with Crippen molar-refractivity contribution in [1.82, 2.24) is 9.78 Å². The van der Waals surface area contributed by atoms with Crippen LogP contribution in [0.5, 0.6) is 0 Å². The molecule has 0 radical (unpaired) electrons. The Kier molecular flexibility index (Phi) is 4.34. The van der Waals surface area contributed by atoms with Gasteiger partial charge < -0.3 is 5.32 Å². The summed E-state index contributed by atoms with van der Waals surface area (Å²) in [6.45, 7) is 6.13. The first kappa shape index (κ1) is 16.2. The first-order valence-electron chi connectivity index (χ1n) is 7.76. The molecule has 0 bridgehead atoms. The fraction of sp³-hybridized carbons (Fsp3) is 0.211. The van der Waals surface area contributed by atoms with Crippen LogP contribution in [-0.4, -0.2) is 9.78 Å². The Morgan fingerprint density at radius 3 is 2.42 bits per heavy atom. The number of rotatable bonds is 4. The zero-order valence-corrected chi connectivity index (χ0v) is 13.9. The molecule has 0 saturated heterocycles. The maximum atomic E-state index is 14.4. The summed E-state index contributed by atoms with van der Waals surface area (Å²) in [5, 5.41) is 7.47. The molecule has 0 saturated carbocycles. The van der Waals surface area contributed by atoms with Crippen LogP contribution >= 0.6 is 0 Å². The van der Waals surface area contributed by atoms with Crippen molar-refractivity contribution < 1.29 is 8.78 Å². The van der Waals surface area contributed by atoms with E-state index in [1.807, 2.05) is 32.9 Å². The average Bonchev–Trinajstić information content (AvgIpc) is 2.85. The predicted octanol–water partition coefficient (Wildman–Crippen LogP) is 4.69. The lowest BCUT2D eigenvalue weighted by atomic mass is 10.1. The number of benzene rings is 2. The number of aryl methyl sites for hydroxylation is 3. The van der Waals surface area contributed by atoms with Crippen molar-refractivity contribution in [2.75, 3.05) is 5.32 Å². The summed E-state index contributed by atoms with van der Waals surface area (Å²) >= 11 is 0. The first-order valence-corrected chi connectivity index (χ1v) is 7.76. The largest absolute Gasteiger partial charge is 0.381 e.